The van der Waals surface area contributed by atoms with Crippen molar-refractivity contribution in [3.05, 3.63) is 46.3 Å². The van der Waals surface area contributed by atoms with Gasteiger partial charge in [0.25, 0.3) is 5.91 Å². The highest BCUT2D eigenvalue weighted by atomic mass is 32.2. The summed E-state index contributed by atoms with van der Waals surface area (Å²) in [4.78, 5) is 40.5. The molecular weight excluding hydrogens is 490 g/mol. The van der Waals surface area contributed by atoms with Crippen molar-refractivity contribution >= 4 is 33.6 Å². The molecule has 1 aromatic heterocycles. The molecule has 1 aliphatic heterocycles. The number of hydrogen-bond acceptors (Lipinski definition) is 8. The molecule has 0 bridgehead atoms. The number of carbonyl (C=O) groups excluding carboxylic acids is 3. The number of benzene rings is 1. The van der Waals surface area contributed by atoms with Gasteiger partial charge in [-0.2, -0.15) is 4.31 Å². The number of ether oxygens (including phenoxy) is 3. The summed E-state index contributed by atoms with van der Waals surface area (Å²) in [5.74, 6) is -2.02. The largest absolute Gasteiger partial charge is 0.462 e. The van der Waals surface area contributed by atoms with Gasteiger partial charge in [-0.25, -0.2) is 18.0 Å². The second-order valence-electron chi connectivity index (χ2n) is 8.38. The fraction of sp³-hybridized carbons (Fsp3) is 0.458. The number of aromatic nitrogens is 1. The second-order valence-corrected chi connectivity index (χ2v) is 10.3. The lowest BCUT2D eigenvalue weighted by Crippen LogP contribution is -2.40. The van der Waals surface area contributed by atoms with E-state index in [9.17, 15) is 22.8 Å². The molecule has 0 spiro atoms. The average Bonchev–Trinajstić information content (AvgIpc) is 3.14. The van der Waals surface area contributed by atoms with Crippen LogP contribution in [0.25, 0.3) is 0 Å². The van der Waals surface area contributed by atoms with Crippen LogP contribution in [0, 0.1) is 20.8 Å². The maximum atomic E-state index is 13.1. The number of nitrogens with zero attached hydrogens (tertiary/aromatic N) is 1. The Labute approximate surface area is 210 Å². The van der Waals surface area contributed by atoms with Gasteiger partial charge in [0.05, 0.1) is 30.3 Å². The topological polar surface area (TPSA) is 144 Å². The SMILES string of the molecule is CCOC(=O)c1c(C)[nH]c(C(=O)O[C@H](C)C(=O)Nc2ccc(C)c(S(=O)(=O)N3CCOCC3)c2)c1C. The van der Waals surface area contributed by atoms with Crippen molar-refractivity contribution in [2.45, 2.75) is 45.6 Å². The van der Waals surface area contributed by atoms with Gasteiger partial charge in [-0.15, -0.1) is 0 Å². The minimum Gasteiger partial charge on any atom is -0.462 e. The van der Waals surface area contributed by atoms with Gasteiger partial charge in [-0.05, 0) is 57.9 Å². The lowest BCUT2D eigenvalue weighted by atomic mass is 10.1. The van der Waals surface area contributed by atoms with Crippen LogP contribution in [0.15, 0.2) is 23.1 Å². The molecule has 3 rings (SSSR count). The number of aromatic amines is 1. The zero-order valence-electron chi connectivity index (χ0n) is 21.0. The van der Waals surface area contributed by atoms with Gasteiger partial charge in [-0.1, -0.05) is 6.07 Å². The molecule has 2 N–H and O–H groups in total. The molecule has 2 heterocycles. The molecule has 1 saturated heterocycles. The maximum absolute atomic E-state index is 13.1. The molecular formula is C24H31N3O8S. The normalized spacial score (nSPS) is 15.2. The molecule has 12 heteroatoms. The number of esters is 2. The van der Waals surface area contributed by atoms with Gasteiger partial charge < -0.3 is 24.5 Å². The smallest absolute Gasteiger partial charge is 0.355 e. The van der Waals surface area contributed by atoms with Crippen LogP contribution < -0.4 is 5.32 Å². The third-order valence-electron chi connectivity index (χ3n) is 5.82. The van der Waals surface area contributed by atoms with Crippen molar-refractivity contribution < 1.29 is 37.0 Å². The van der Waals surface area contributed by atoms with E-state index in [4.69, 9.17) is 14.2 Å². The summed E-state index contributed by atoms with van der Waals surface area (Å²) in [7, 11) is -3.77. The highest BCUT2D eigenvalue weighted by Gasteiger charge is 2.29. The monoisotopic (exact) mass is 521 g/mol. The van der Waals surface area contributed by atoms with E-state index in [2.05, 4.69) is 10.3 Å². The van der Waals surface area contributed by atoms with Crippen molar-refractivity contribution in [2.24, 2.45) is 0 Å². The van der Waals surface area contributed by atoms with E-state index in [1.807, 2.05) is 0 Å². The van der Waals surface area contributed by atoms with Crippen LogP contribution in [-0.4, -0.2) is 74.6 Å². The highest BCUT2D eigenvalue weighted by Crippen LogP contribution is 2.25. The summed E-state index contributed by atoms with van der Waals surface area (Å²) < 4.78 is 43.1. The first-order chi connectivity index (χ1) is 17.0. The maximum Gasteiger partial charge on any atom is 0.355 e. The number of aryl methyl sites for hydroxylation is 2. The Morgan fingerprint density at radius 3 is 2.44 bits per heavy atom. The van der Waals surface area contributed by atoms with Crippen LogP contribution in [0.5, 0.6) is 0 Å². The number of H-pyrrole nitrogens is 1. The van der Waals surface area contributed by atoms with Crippen molar-refractivity contribution in [1.29, 1.82) is 0 Å². The fourth-order valence-electron chi connectivity index (χ4n) is 3.86. The van der Waals surface area contributed by atoms with Gasteiger partial charge in [0.2, 0.25) is 10.0 Å². The number of carbonyl (C=O) groups is 3. The molecule has 1 fully saturated rings. The van der Waals surface area contributed by atoms with Crippen LogP contribution in [0.1, 0.15) is 51.5 Å². The van der Waals surface area contributed by atoms with Gasteiger partial charge in [0, 0.05) is 24.5 Å². The van der Waals surface area contributed by atoms with Crippen LogP contribution >= 0.6 is 0 Å². The lowest BCUT2D eigenvalue weighted by Gasteiger charge is -2.27. The van der Waals surface area contributed by atoms with Gasteiger partial charge in [0.15, 0.2) is 6.10 Å². The van der Waals surface area contributed by atoms with Crippen LogP contribution in [0.3, 0.4) is 0 Å². The summed E-state index contributed by atoms with van der Waals surface area (Å²) >= 11 is 0. The summed E-state index contributed by atoms with van der Waals surface area (Å²) in [6.07, 6.45) is -1.20. The van der Waals surface area contributed by atoms with Crippen LogP contribution in [-0.2, 0) is 29.0 Å². The van der Waals surface area contributed by atoms with E-state index in [0.29, 0.717) is 30.0 Å². The molecule has 0 saturated carbocycles. The first kappa shape index (κ1) is 27.4. The first-order valence-corrected chi connectivity index (χ1v) is 13.0. The minimum atomic E-state index is -3.77. The number of hydrogen-bond donors (Lipinski definition) is 2. The average molecular weight is 522 g/mol. The molecule has 1 aromatic carbocycles. The van der Waals surface area contributed by atoms with Crippen molar-refractivity contribution in [1.82, 2.24) is 9.29 Å². The van der Waals surface area contributed by atoms with Crippen LogP contribution in [0.2, 0.25) is 0 Å². The zero-order chi connectivity index (χ0) is 26.6. The number of rotatable bonds is 8. The van der Waals surface area contributed by atoms with Crippen molar-refractivity contribution in [2.75, 3.05) is 38.2 Å². The van der Waals surface area contributed by atoms with E-state index in [0.717, 1.165) is 0 Å². The number of sulfonamides is 1. The number of nitrogens with one attached hydrogen (secondary N) is 2. The predicted molar refractivity (Wildman–Crippen MR) is 130 cm³/mol. The summed E-state index contributed by atoms with van der Waals surface area (Å²) in [6, 6.07) is 4.56. The predicted octanol–water partition coefficient (Wildman–Crippen LogP) is 2.32. The molecule has 196 valence electrons. The third kappa shape index (κ3) is 5.77. The molecule has 0 radical (unpaired) electrons. The highest BCUT2D eigenvalue weighted by molar-refractivity contribution is 7.89. The Morgan fingerprint density at radius 2 is 1.81 bits per heavy atom. The molecule has 1 atom stereocenters. The number of amides is 1. The molecule has 0 aliphatic carbocycles. The first-order valence-electron chi connectivity index (χ1n) is 11.5. The molecule has 1 amide bonds. The molecule has 36 heavy (non-hydrogen) atoms. The minimum absolute atomic E-state index is 0.0458. The zero-order valence-corrected chi connectivity index (χ0v) is 21.8. The van der Waals surface area contributed by atoms with E-state index < -0.39 is 34.0 Å². The van der Waals surface area contributed by atoms with E-state index in [-0.39, 0.29) is 41.5 Å². The molecule has 0 unspecified atom stereocenters. The molecule has 2 aromatic rings. The van der Waals surface area contributed by atoms with Crippen molar-refractivity contribution in [3.63, 3.8) is 0 Å². The fourth-order valence-corrected chi connectivity index (χ4v) is 5.52. The van der Waals surface area contributed by atoms with E-state index in [1.54, 1.807) is 39.8 Å². The lowest BCUT2D eigenvalue weighted by molar-refractivity contribution is -0.123. The number of anilines is 1. The Kier molecular flexibility index (Phi) is 8.54. The van der Waals surface area contributed by atoms with Gasteiger partial charge >= 0.3 is 11.9 Å². The Hall–Kier alpha value is -3.22. The molecule has 1 aliphatic rings. The Balaban J connectivity index is 1.72. The van der Waals surface area contributed by atoms with E-state index >= 15 is 0 Å². The van der Waals surface area contributed by atoms with E-state index in [1.165, 1.54) is 17.3 Å². The summed E-state index contributed by atoms with van der Waals surface area (Å²) in [5, 5.41) is 2.60. The Bertz CT molecular complexity index is 1260. The standard InChI is InChI=1S/C24H31N3O8S/c1-6-34-23(29)20-15(3)21(25-16(20)4)24(30)35-17(5)22(28)26-18-8-7-14(2)19(13-18)36(31,32)27-9-11-33-12-10-27/h7-8,13,17,25H,6,9-12H2,1-5H3,(H,26,28)/t17-/m1/s1. The Morgan fingerprint density at radius 1 is 1.14 bits per heavy atom. The van der Waals surface area contributed by atoms with Gasteiger partial charge in [0.1, 0.15) is 5.69 Å². The third-order valence-corrected chi connectivity index (χ3v) is 7.86. The van der Waals surface area contributed by atoms with Crippen molar-refractivity contribution in [3.8, 4) is 0 Å². The van der Waals surface area contributed by atoms with Crippen LogP contribution in [0.4, 0.5) is 5.69 Å². The number of morpholine rings is 1. The second kappa shape index (κ2) is 11.2. The summed E-state index contributed by atoms with van der Waals surface area (Å²) in [6.45, 7) is 9.29. The molecule has 11 nitrogen and oxygen atoms in total. The van der Waals surface area contributed by atoms with Gasteiger partial charge in [-0.3, -0.25) is 4.79 Å². The quantitative estimate of drug-likeness (QED) is 0.504. The summed E-state index contributed by atoms with van der Waals surface area (Å²) in [5.41, 5.74) is 1.88.